The zero-order chi connectivity index (χ0) is 20.6. The lowest BCUT2D eigenvalue weighted by molar-refractivity contribution is -0.142. The molecule has 2 amide bonds. The van der Waals surface area contributed by atoms with E-state index in [1.165, 1.54) is 43.2 Å². The monoisotopic (exact) mass is 428 g/mol. The van der Waals surface area contributed by atoms with E-state index >= 15 is 0 Å². The standard InChI is InChI=1S/C23H25FN2O3S/c24-16-3-1-15(2-4-16)22-26-17(11-30-22)19(27)18(21(26)29)20(28)25-23-8-12-5-13(9-23)7-14(6-12)10-23/h1-4,12-14,17-18,22H,5-11H2,(H,25,28)/t12?,13?,14?,17?,18?,22-,23?/m0/s1. The smallest absolute Gasteiger partial charge is 0.244 e. The van der Waals surface area contributed by atoms with Crippen LogP contribution in [0.2, 0.25) is 0 Å². The van der Waals surface area contributed by atoms with E-state index in [9.17, 15) is 18.8 Å². The van der Waals surface area contributed by atoms with Gasteiger partial charge in [0.2, 0.25) is 11.8 Å². The van der Waals surface area contributed by atoms with E-state index in [1.54, 1.807) is 17.0 Å². The SMILES string of the molecule is O=C(NC12CC3CC(CC(C3)C1)C2)C1C(=O)C2CS[C@@H](c3ccc(F)cc3)N2C1=O. The van der Waals surface area contributed by atoms with E-state index in [1.807, 2.05) is 0 Å². The van der Waals surface area contributed by atoms with Gasteiger partial charge in [-0.25, -0.2) is 4.39 Å². The molecule has 2 heterocycles. The maximum Gasteiger partial charge on any atom is 0.244 e. The van der Waals surface area contributed by atoms with Crippen LogP contribution in [0, 0.1) is 29.5 Å². The minimum Gasteiger partial charge on any atom is -0.350 e. The Hall–Kier alpha value is -1.89. The van der Waals surface area contributed by atoms with Gasteiger partial charge in [0.25, 0.3) is 0 Å². The molecule has 0 spiro atoms. The third-order valence-electron chi connectivity index (χ3n) is 7.96. The number of halogens is 1. The molecule has 1 aromatic rings. The second-order valence-electron chi connectivity index (χ2n) is 10.0. The van der Waals surface area contributed by atoms with E-state index in [4.69, 9.17) is 0 Å². The highest BCUT2D eigenvalue weighted by Crippen LogP contribution is 2.56. The summed E-state index contributed by atoms with van der Waals surface area (Å²) in [7, 11) is 0. The molecule has 158 valence electrons. The van der Waals surface area contributed by atoms with Crippen molar-refractivity contribution < 1.29 is 18.8 Å². The van der Waals surface area contributed by atoms with Crippen LogP contribution in [0.3, 0.4) is 0 Å². The van der Waals surface area contributed by atoms with E-state index in [-0.39, 0.29) is 22.5 Å². The van der Waals surface area contributed by atoms with Gasteiger partial charge < -0.3 is 10.2 Å². The van der Waals surface area contributed by atoms with E-state index in [0.29, 0.717) is 23.5 Å². The number of amides is 2. The average molecular weight is 429 g/mol. The Morgan fingerprint density at radius 2 is 1.63 bits per heavy atom. The molecule has 3 atom stereocenters. The molecule has 6 fully saturated rings. The normalized spacial score (nSPS) is 41.4. The van der Waals surface area contributed by atoms with Crippen molar-refractivity contribution in [3.8, 4) is 0 Å². The van der Waals surface area contributed by atoms with Gasteiger partial charge in [0.1, 0.15) is 17.2 Å². The van der Waals surface area contributed by atoms with Crippen LogP contribution >= 0.6 is 11.8 Å². The topological polar surface area (TPSA) is 66.5 Å². The Morgan fingerprint density at radius 1 is 1.03 bits per heavy atom. The Labute approximate surface area is 179 Å². The predicted octanol–water partition coefficient (Wildman–Crippen LogP) is 3.05. The van der Waals surface area contributed by atoms with Gasteiger partial charge in [-0.15, -0.1) is 11.8 Å². The van der Waals surface area contributed by atoms with Crippen molar-refractivity contribution in [1.82, 2.24) is 10.2 Å². The van der Waals surface area contributed by atoms with Gasteiger partial charge in [-0.3, -0.25) is 14.4 Å². The lowest BCUT2D eigenvalue weighted by Gasteiger charge is -2.57. The van der Waals surface area contributed by atoms with Crippen LogP contribution in [0.15, 0.2) is 24.3 Å². The van der Waals surface area contributed by atoms with Crippen molar-refractivity contribution in [2.45, 2.75) is 55.5 Å². The number of ketones is 1. The first-order valence-electron chi connectivity index (χ1n) is 11.0. The van der Waals surface area contributed by atoms with Crippen molar-refractivity contribution in [3.63, 3.8) is 0 Å². The number of hydrogen-bond donors (Lipinski definition) is 1. The molecule has 30 heavy (non-hydrogen) atoms. The average Bonchev–Trinajstić information content (AvgIpc) is 3.21. The van der Waals surface area contributed by atoms with Gasteiger partial charge in [-0.2, -0.15) is 0 Å². The number of rotatable bonds is 3. The Balaban J connectivity index is 1.23. The fourth-order valence-electron chi connectivity index (χ4n) is 7.18. The van der Waals surface area contributed by atoms with Gasteiger partial charge in [0, 0.05) is 11.3 Å². The number of Topliss-reactive ketones (excluding diaryl/α,β-unsaturated/α-hetero) is 1. The largest absolute Gasteiger partial charge is 0.350 e. The summed E-state index contributed by atoms with van der Waals surface area (Å²) in [5, 5.41) is 2.87. The van der Waals surface area contributed by atoms with Crippen LogP contribution in [0.5, 0.6) is 0 Å². The number of benzene rings is 1. The molecular weight excluding hydrogens is 403 g/mol. The summed E-state index contributed by atoms with van der Waals surface area (Å²) in [5.41, 5.74) is 0.567. The first-order valence-corrected chi connectivity index (χ1v) is 12.0. The number of fused-ring (bicyclic) bond motifs is 1. The summed E-state index contributed by atoms with van der Waals surface area (Å²) < 4.78 is 13.3. The Kier molecular flexibility index (Phi) is 4.12. The predicted molar refractivity (Wildman–Crippen MR) is 110 cm³/mol. The van der Waals surface area contributed by atoms with E-state index in [2.05, 4.69) is 5.32 Å². The molecule has 2 aliphatic heterocycles. The number of carbonyl (C=O) groups excluding carboxylic acids is 3. The third-order valence-corrected chi connectivity index (χ3v) is 9.28. The molecule has 7 heteroatoms. The first-order chi connectivity index (χ1) is 14.4. The lowest BCUT2D eigenvalue weighted by Crippen LogP contribution is -2.61. The first kappa shape index (κ1) is 18.8. The summed E-state index contributed by atoms with van der Waals surface area (Å²) in [4.78, 5) is 41.1. The Morgan fingerprint density at radius 3 is 2.23 bits per heavy atom. The number of hydrogen-bond acceptors (Lipinski definition) is 4. The maximum atomic E-state index is 13.3. The molecule has 0 aromatic heterocycles. The molecule has 7 rings (SSSR count). The maximum absolute atomic E-state index is 13.3. The van der Waals surface area contributed by atoms with Gasteiger partial charge >= 0.3 is 0 Å². The summed E-state index contributed by atoms with van der Waals surface area (Å²) in [6, 6.07) is 5.46. The molecule has 5 nitrogen and oxygen atoms in total. The minimum atomic E-state index is -1.23. The van der Waals surface area contributed by atoms with E-state index in [0.717, 1.165) is 24.8 Å². The van der Waals surface area contributed by atoms with Crippen molar-refractivity contribution in [2.75, 3.05) is 5.75 Å². The highest BCUT2D eigenvalue weighted by molar-refractivity contribution is 7.99. The third kappa shape index (κ3) is 2.77. The molecule has 0 radical (unpaired) electrons. The molecule has 4 bridgehead atoms. The zero-order valence-corrected chi connectivity index (χ0v) is 17.5. The second kappa shape index (κ2) is 6.55. The number of nitrogens with one attached hydrogen (secondary N) is 1. The van der Waals surface area contributed by atoms with Crippen molar-refractivity contribution >= 4 is 29.4 Å². The van der Waals surface area contributed by atoms with Gasteiger partial charge in [-0.05, 0) is 74.0 Å². The Bertz CT molecular complexity index is 898. The summed E-state index contributed by atoms with van der Waals surface area (Å²) in [6.45, 7) is 0. The molecule has 2 unspecified atom stereocenters. The molecule has 6 aliphatic rings. The summed E-state index contributed by atoms with van der Waals surface area (Å²) in [5.74, 6) is -0.137. The molecular formula is C23H25FN2O3S. The van der Waals surface area contributed by atoms with Gasteiger partial charge in [0.05, 0.1) is 0 Å². The fraction of sp³-hybridized carbons (Fsp3) is 0.609. The molecule has 4 aliphatic carbocycles. The highest BCUT2D eigenvalue weighted by Gasteiger charge is 2.58. The van der Waals surface area contributed by atoms with Crippen LogP contribution in [-0.4, -0.2) is 39.8 Å². The van der Waals surface area contributed by atoms with Crippen molar-refractivity contribution in [3.05, 3.63) is 35.6 Å². The van der Waals surface area contributed by atoms with Gasteiger partial charge in [0.15, 0.2) is 11.7 Å². The van der Waals surface area contributed by atoms with Crippen LogP contribution in [0.4, 0.5) is 4.39 Å². The molecule has 2 saturated heterocycles. The summed E-state index contributed by atoms with van der Waals surface area (Å²) in [6.07, 6.45) is 6.76. The van der Waals surface area contributed by atoms with Crippen LogP contribution in [0.1, 0.15) is 49.5 Å². The van der Waals surface area contributed by atoms with Crippen molar-refractivity contribution in [1.29, 1.82) is 0 Å². The molecule has 1 aromatic carbocycles. The molecule has 4 saturated carbocycles. The highest BCUT2D eigenvalue weighted by atomic mass is 32.2. The zero-order valence-electron chi connectivity index (χ0n) is 16.7. The fourth-order valence-corrected chi connectivity index (χ4v) is 8.63. The number of nitrogens with zero attached hydrogens (tertiary/aromatic N) is 1. The van der Waals surface area contributed by atoms with Gasteiger partial charge in [-0.1, -0.05) is 12.1 Å². The summed E-state index contributed by atoms with van der Waals surface area (Å²) >= 11 is 1.50. The van der Waals surface area contributed by atoms with Crippen LogP contribution in [-0.2, 0) is 14.4 Å². The van der Waals surface area contributed by atoms with Crippen LogP contribution in [0.25, 0.3) is 0 Å². The minimum absolute atomic E-state index is 0.218. The lowest BCUT2D eigenvalue weighted by atomic mass is 9.53. The number of carbonyl (C=O) groups is 3. The van der Waals surface area contributed by atoms with Crippen LogP contribution < -0.4 is 5.32 Å². The van der Waals surface area contributed by atoms with E-state index < -0.39 is 23.8 Å². The quantitative estimate of drug-likeness (QED) is 0.752. The number of thioether (sulfide) groups is 1. The molecule has 1 N–H and O–H groups in total. The second-order valence-corrected chi connectivity index (χ2v) is 11.1. The van der Waals surface area contributed by atoms with Crippen molar-refractivity contribution in [2.24, 2.45) is 23.7 Å².